The van der Waals surface area contributed by atoms with Crippen molar-refractivity contribution < 1.29 is 19.1 Å². The molecule has 4 nitrogen and oxygen atoms in total. The third kappa shape index (κ3) is 13.5. The Kier molecular flexibility index (Phi) is 17.6. The van der Waals surface area contributed by atoms with Crippen molar-refractivity contribution in [3.8, 4) is 0 Å². The number of hydrogen-bond donors (Lipinski definition) is 0. The molecule has 0 amide bonds. The van der Waals surface area contributed by atoms with Crippen LogP contribution in [0.4, 0.5) is 0 Å². The van der Waals surface area contributed by atoms with Gasteiger partial charge < -0.3 is 9.47 Å². The Balaban J connectivity index is 2.14. The molecule has 0 aromatic heterocycles. The summed E-state index contributed by atoms with van der Waals surface area (Å²) in [5.41, 5.74) is 0. The van der Waals surface area contributed by atoms with Gasteiger partial charge in [-0.25, -0.2) is 0 Å². The van der Waals surface area contributed by atoms with Crippen molar-refractivity contribution in [1.29, 1.82) is 0 Å². The second-order valence-electron chi connectivity index (χ2n) is 9.97. The predicted octanol–water partition coefficient (Wildman–Crippen LogP) is 8.02. The smallest absolute Gasteiger partial charge is 0.308 e. The van der Waals surface area contributed by atoms with Gasteiger partial charge in [0.15, 0.2) is 0 Å². The number of rotatable bonds is 19. The highest BCUT2D eigenvalue weighted by molar-refractivity contribution is 5.75. The summed E-state index contributed by atoms with van der Waals surface area (Å²) in [5, 5.41) is 0. The Morgan fingerprint density at radius 2 is 1.12 bits per heavy atom. The van der Waals surface area contributed by atoms with Gasteiger partial charge in [0.05, 0.1) is 25.0 Å². The summed E-state index contributed by atoms with van der Waals surface area (Å²) < 4.78 is 11.2. The maximum atomic E-state index is 12.5. The Labute approximate surface area is 198 Å². The van der Waals surface area contributed by atoms with Gasteiger partial charge in [0.2, 0.25) is 0 Å². The van der Waals surface area contributed by atoms with Gasteiger partial charge in [-0.1, -0.05) is 91.4 Å². The molecule has 0 N–H and O–H groups in total. The molecule has 0 aliphatic heterocycles. The van der Waals surface area contributed by atoms with Gasteiger partial charge in [0.1, 0.15) is 0 Å². The standard InChI is InChI=1S/C28H52O4/c1-4-7-9-10-11-12-13-15-22-31-27(29)25-18-20-26(21-19-25)28(30)32-23-24(16-6-3)17-14-8-5-2/h24-26H,4-23H2,1-3H3. The van der Waals surface area contributed by atoms with Gasteiger partial charge in [-0.3, -0.25) is 9.59 Å². The maximum absolute atomic E-state index is 12.5. The van der Waals surface area contributed by atoms with Crippen LogP contribution in [-0.4, -0.2) is 25.2 Å². The molecular weight excluding hydrogens is 400 g/mol. The molecule has 0 radical (unpaired) electrons. The third-order valence-electron chi connectivity index (χ3n) is 7.01. The quantitative estimate of drug-likeness (QED) is 0.147. The van der Waals surface area contributed by atoms with E-state index in [0.717, 1.165) is 57.8 Å². The van der Waals surface area contributed by atoms with E-state index in [1.807, 2.05) is 0 Å². The predicted molar refractivity (Wildman–Crippen MR) is 133 cm³/mol. The Morgan fingerprint density at radius 1 is 0.625 bits per heavy atom. The molecule has 1 rings (SSSR count). The second-order valence-corrected chi connectivity index (χ2v) is 9.97. The summed E-state index contributed by atoms with van der Waals surface area (Å²) in [7, 11) is 0. The van der Waals surface area contributed by atoms with Crippen LogP contribution in [0.2, 0.25) is 0 Å². The first-order valence-corrected chi connectivity index (χ1v) is 14.0. The highest BCUT2D eigenvalue weighted by atomic mass is 16.5. The van der Waals surface area contributed by atoms with Crippen LogP contribution >= 0.6 is 0 Å². The van der Waals surface area contributed by atoms with Gasteiger partial charge in [-0.15, -0.1) is 0 Å². The van der Waals surface area contributed by atoms with Crippen molar-refractivity contribution in [3.05, 3.63) is 0 Å². The number of carbonyl (C=O) groups is 2. The van der Waals surface area contributed by atoms with Crippen LogP contribution in [0, 0.1) is 17.8 Å². The average Bonchev–Trinajstić information content (AvgIpc) is 2.81. The molecule has 0 aromatic carbocycles. The number of unbranched alkanes of at least 4 members (excludes halogenated alkanes) is 9. The lowest BCUT2D eigenvalue weighted by Crippen LogP contribution is -2.29. The zero-order valence-electron chi connectivity index (χ0n) is 21.5. The summed E-state index contributed by atoms with van der Waals surface area (Å²) in [6.07, 6.45) is 20.1. The van der Waals surface area contributed by atoms with E-state index in [1.54, 1.807) is 0 Å². The second kappa shape index (κ2) is 19.4. The lowest BCUT2D eigenvalue weighted by molar-refractivity contribution is -0.156. The first kappa shape index (κ1) is 29.0. The minimum atomic E-state index is -0.0568. The molecule has 1 atom stereocenters. The zero-order valence-corrected chi connectivity index (χ0v) is 21.5. The van der Waals surface area contributed by atoms with E-state index in [9.17, 15) is 9.59 Å². The van der Waals surface area contributed by atoms with Crippen LogP contribution in [0.5, 0.6) is 0 Å². The summed E-state index contributed by atoms with van der Waals surface area (Å²) in [4.78, 5) is 24.9. The van der Waals surface area contributed by atoms with E-state index in [1.165, 1.54) is 57.8 Å². The van der Waals surface area contributed by atoms with E-state index in [0.29, 0.717) is 19.1 Å². The minimum Gasteiger partial charge on any atom is -0.465 e. The number of esters is 2. The first-order valence-electron chi connectivity index (χ1n) is 14.0. The lowest BCUT2D eigenvalue weighted by Gasteiger charge is -2.26. The largest absolute Gasteiger partial charge is 0.465 e. The van der Waals surface area contributed by atoms with Crippen molar-refractivity contribution >= 4 is 11.9 Å². The maximum Gasteiger partial charge on any atom is 0.308 e. The fourth-order valence-electron chi connectivity index (χ4n) is 4.81. The monoisotopic (exact) mass is 452 g/mol. The fraction of sp³-hybridized carbons (Fsp3) is 0.929. The van der Waals surface area contributed by atoms with Crippen molar-refractivity contribution in [2.45, 2.75) is 136 Å². The van der Waals surface area contributed by atoms with Gasteiger partial charge in [-0.05, 0) is 50.9 Å². The molecule has 32 heavy (non-hydrogen) atoms. The molecule has 1 fully saturated rings. The highest BCUT2D eigenvalue weighted by Gasteiger charge is 2.31. The Hall–Kier alpha value is -1.06. The summed E-state index contributed by atoms with van der Waals surface area (Å²) in [6.45, 7) is 7.77. The molecule has 1 aliphatic rings. The zero-order chi connectivity index (χ0) is 23.4. The van der Waals surface area contributed by atoms with E-state index >= 15 is 0 Å². The molecule has 4 heteroatoms. The fourth-order valence-corrected chi connectivity index (χ4v) is 4.81. The molecule has 188 valence electrons. The Bertz CT molecular complexity index is 468. The van der Waals surface area contributed by atoms with Crippen LogP contribution in [0.1, 0.15) is 136 Å². The summed E-state index contributed by atoms with van der Waals surface area (Å²) >= 11 is 0. The highest BCUT2D eigenvalue weighted by Crippen LogP contribution is 2.31. The number of ether oxygens (including phenoxy) is 2. The molecule has 0 heterocycles. The van der Waals surface area contributed by atoms with Crippen LogP contribution < -0.4 is 0 Å². The van der Waals surface area contributed by atoms with Crippen molar-refractivity contribution in [3.63, 3.8) is 0 Å². The summed E-state index contributed by atoms with van der Waals surface area (Å²) in [5.74, 6) is 0.323. The molecule has 0 bridgehead atoms. The van der Waals surface area contributed by atoms with Crippen LogP contribution in [0.3, 0.4) is 0 Å². The molecule has 0 aromatic rings. The lowest BCUT2D eigenvalue weighted by atomic mass is 9.82. The van der Waals surface area contributed by atoms with Crippen LogP contribution in [-0.2, 0) is 19.1 Å². The van der Waals surface area contributed by atoms with Crippen molar-refractivity contribution in [2.24, 2.45) is 17.8 Å². The van der Waals surface area contributed by atoms with E-state index < -0.39 is 0 Å². The van der Waals surface area contributed by atoms with Crippen LogP contribution in [0.15, 0.2) is 0 Å². The van der Waals surface area contributed by atoms with Gasteiger partial charge >= 0.3 is 11.9 Å². The normalized spacial score (nSPS) is 19.5. The molecular formula is C28H52O4. The average molecular weight is 453 g/mol. The van der Waals surface area contributed by atoms with Gasteiger partial charge in [0.25, 0.3) is 0 Å². The van der Waals surface area contributed by atoms with Gasteiger partial charge in [0, 0.05) is 0 Å². The molecule has 1 unspecified atom stereocenters. The Morgan fingerprint density at radius 3 is 1.69 bits per heavy atom. The molecule has 1 saturated carbocycles. The van der Waals surface area contributed by atoms with E-state index in [2.05, 4.69) is 20.8 Å². The van der Waals surface area contributed by atoms with Gasteiger partial charge in [-0.2, -0.15) is 0 Å². The van der Waals surface area contributed by atoms with Crippen molar-refractivity contribution in [1.82, 2.24) is 0 Å². The first-order chi connectivity index (χ1) is 15.6. The SMILES string of the molecule is CCCCCCCCCCOC(=O)C1CCC(C(=O)OCC(CCC)CCCCC)CC1. The number of carbonyl (C=O) groups excluding carboxylic acids is 2. The van der Waals surface area contributed by atoms with Crippen molar-refractivity contribution in [2.75, 3.05) is 13.2 Å². The topological polar surface area (TPSA) is 52.6 Å². The van der Waals surface area contributed by atoms with Crippen LogP contribution in [0.25, 0.3) is 0 Å². The number of hydrogen-bond acceptors (Lipinski definition) is 4. The van der Waals surface area contributed by atoms with E-state index in [-0.39, 0.29) is 23.8 Å². The minimum absolute atomic E-state index is 0.0324. The molecule has 0 saturated heterocycles. The van der Waals surface area contributed by atoms with E-state index in [4.69, 9.17) is 9.47 Å². The molecule has 1 aliphatic carbocycles. The third-order valence-corrected chi connectivity index (χ3v) is 7.01. The molecule has 0 spiro atoms. The summed E-state index contributed by atoms with van der Waals surface area (Å²) in [6, 6.07) is 0.